The minimum atomic E-state index is -4.50. The summed E-state index contributed by atoms with van der Waals surface area (Å²) < 4.78 is 42.7. The fraction of sp³-hybridized carbons (Fsp3) is 0.304. The zero-order valence-corrected chi connectivity index (χ0v) is 21.2. The quantitative estimate of drug-likeness (QED) is 0.627. The molecule has 2 aromatic rings. The van der Waals surface area contributed by atoms with Crippen LogP contribution in [0.15, 0.2) is 59.4 Å². The molecule has 35 heavy (non-hydrogen) atoms. The molecule has 2 atom stereocenters. The molecule has 1 saturated heterocycles. The molecule has 8 nitrogen and oxygen atoms in total. The number of fused-ring (bicyclic) bond motifs is 1. The minimum Gasteiger partial charge on any atom is -0.318 e. The Kier molecular flexibility index (Phi) is 6.85. The Balaban J connectivity index is 1.84. The van der Waals surface area contributed by atoms with Crippen LogP contribution in [0.2, 0.25) is 10.0 Å². The van der Waals surface area contributed by atoms with Gasteiger partial charge in [-0.15, -0.1) is 0 Å². The van der Waals surface area contributed by atoms with Crippen molar-refractivity contribution in [1.82, 2.24) is 14.1 Å². The molecule has 0 aliphatic carbocycles. The van der Waals surface area contributed by atoms with Crippen LogP contribution < -0.4 is 5.73 Å². The van der Waals surface area contributed by atoms with Crippen LogP contribution in [0.25, 0.3) is 0 Å². The molecule has 0 spiro atoms. The van der Waals surface area contributed by atoms with Gasteiger partial charge in [-0.1, -0.05) is 35.3 Å². The molecule has 0 bridgehead atoms. The van der Waals surface area contributed by atoms with Crippen LogP contribution in [0.4, 0.5) is 4.39 Å². The van der Waals surface area contributed by atoms with Gasteiger partial charge in [0.1, 0.15) is 28.6 Å². The first-order valence-corrected chi connectivity index (χ1v) is 13.0. The van der Waals surface area contributed by atoms with E-state index < -0.39 is 51.2 Å². The Hall–Kier alpha value is -2.66. The highest BCUT2D eigenvalue weighted by molar-refractivity contribution is 7.89. The summed E-state index contributed by atoms with van der Waals surface area (Å²) in [7, 11) is -4.50. The molecular weight excluding hydrogens is 518 g/mol. The molecule has 0 radical (unpaired) electrons. The maximum atomic E-state index is 14.7. The highest BCUT2D eigenvalue weighted by Crippen LogP contribution is 2.34. The highest BCUT2D eigenvalue weighted by atomic mass is 35.5. The molecule has 2 heterocycles. The predicted octanol–water partition coefficient (Wildman–Crippen LogP) is 2.95. The van der Waals surface area contributed by atoms with Crippen LogP contribution >= 0.6 is 23.2 Å². The van der Waals surface area contributed by atoms with Crippen molar-refractivity contribution in [1.29, 1.82) is 0 Å². The summed E-state index contributed by atoms with van der Waals surface area (Å²) in [4.78, 5) is 28.5. The van der Waals surface area contributed by atoms with E-state index in [1.54, 1.807) is 38.1 Å². The van der Waals surface area contributed by atoms with E-state index in [0.29, 0.717) is 10.6 Å². The average Bonchev–Trinajstić information content (AvgIpc) is 2.78. The van der Waals surface area contributed by atoms with Gasteiger partial charge in [0.05, 0.1) is 6.54 Å². The summed E-state index contributed by atoms with van der Waals surface area (Å²) in [5.74, 6) is -2.11. The van der Waals surface area contributed by atoms with Crippen molar-refractivity contribution in [2.24, 2.45) is 5.73 Å². The third-order valence-electron chi connectivity index (χ3n) is 5.89. The van der Waals surface area contributed by atoms with Crippen LogP contribution in [0.1, 0.15) is 19.4 Å². The number of benzene rings is 2. The van der Waals surface area contributed by atoms with E-state index in [1.165, 1.54) is 17.2 Å². The topological polar surface area (TPSA) is 104 Å². The lowest BCUT2D eigenvalue weighted by Crippen LogP contribution is -2.66. The molecule has 12 heteroatoms. The van der Waals surface area contributed by atoms with E-state index in [9.17, 15) is 22.4 Å². The summed E-state index contributed by atoms with van der Waals surface area (Å²) in [5.41, 5.74) is 6.76. The summed E-state index contributed by atoms with van der Waals surface area (Å²) in [6, 6.07) is 7.30. The molecule has 0 aromatic heterocycles. The Morgan fingerprint density at radius 2 is 1.69 bits per heavy atom. The molecule has 1 fully saturated rings. The number of hydrogen-bond donors (Lipinski definition) is 1. The molecule has 2 aliphatic heterocycles. The van der Waals surface area contributed by atoms with E-state index in [1.807, 2.05) is 0 Å². The third kappa shape index (κ3) is 4.63. The van der Waals surface area contributed by atoms with Crippen LogP contribution in [0.3, 0.4) is 0 Å². The zero-order chi connectivity index (χ0) is 25.7. The van der Waals surface area contributed by atoms with Crippen molar-refractivity contribution in [3.63, 3.8) is 0 Å². The number of halogens is 3. The summed E-state index contributed by atoms with van der Waals surface area (Å²) in [5, 5.41) is 0.538. The second-order valence-electron chi connectivity index (χ2n) is 8.60. The SMILES string of the molecule is CC(C)N1C=C2N(C(=O)C(N)CN2S(=O)(=O)c2ccc(Cl)cc2F)C(Cc2ccc(Cl)cc2)C1=O. The Labute approximate surface area is 212 Å². The average molecular weight is 541 g/mol. The largest absolute Gasteiger partial charge is 0.318 e. The molecule has 4 rings (SSSR count). The van der Waals surface area contributed by atoms with Crippen molar-refractivity contribution in [3.8, 4) is 0 Å². The molecule has 2 unspecified atom stereocenters. The van der Waals surface area contributed by atoms with Crippen LogP contribution in [0, 0.1) is 5.82 Å². The zero-order valence-electron chi connectivity index (χ0n) is 18.9. The number of sulfonamides is 1. The van der Waals surface area contributed by atoms with Crippen molar-refractivity contribution < 1.29 is 22.4 Å². The lowest BCUT2D eigenvalue weighted by Gasteiger charge is -2.48. The Morgan fingerprint density at radius 1 is 1.06 bits per heavy atom. The molecule has 2 aliphatic rings. The van der Waals surface area contributed by atoms with E-state index in [-0.39, 0.29) is 23.3 Å². The Bertz CT molecular complexity index is 1320. The van der Waals surface area contributed by atoms with E-state index in [4.69, 9.17) is 28.9 Å². The Morgan fingerprint density at radius 3 is 2.29 bits per heavy atom. The van der Waals surface area contributed by atoms with Crippen LogP contribution in [-0.2, 0) is 26.0 Å². The van der Waals surface area contributed by atoms with Gasteiger partial charge in [0.15, 0.2) is 0 Å². The second-order valence-corrected chi connectivity index (χ2v) is 11.3. The van der Waals surface area contributed by atoms with Crippen molar-refractivity contribution in [2.75, 3.05) is 6.54 Å². The summed E-state index contributed by atoms with van der Waals surface area (Å²) in [6.45, 7) is 3.11. The summed E-state index contributed by atoms with van der Waals surface area (Å²) in [6.07, 6.45) is 1.40. The lowest BCUT2D eigenvalue weighted by atomic mass is 9.99. The first-order valence-electron chi connectivity index (χ1n) is 10.8. The molecule has 0 saturated carbocycles. The van der Waals surface area contributed by atoms with Gasteiger partial charge in [0.25, 0.3) is 10.0 Å². The van der Waals surface area contributed by atoms with Crippen molar-refractivity contribution in [3.05, 3.63) is 75.9 Å². The maximum Gasteiger partial charge on any atom is 0.268 e. The van der Waals surface area contributed by atoms with Gasteiger partial charge in [0.2, 0.25) is 11.8 Å². The lowest BCUT2D eigenvalue weighted by molar-refractivity contribution is -0.149. The van der Waals surface area contributed by atoms with Gasteiger partial charge in [-0.25, -0.2) is 17.1 Å². The fourth-order valence-corrected chi connectivity index (χ4v) is 5.93. The van der Waals surface area contributed by atoms with Gasteiger partial charge in [-0.3, -0.25) is 14.5 Å². The van der Waals surface area contributed by atoms with E-state index in [0.717, 1.165) is 21.3 Å². The van der Waals surface area contributed by atoms with Gasteiger partial charge >= 0.3 is 0 Å². The number of hydrogen-bond acceptors (Lipinski definition) is 5. The number of amides is 2. The first kappa shape index (κ1) is 25.4. The number of carbonyl (C=O) groups excluding carboxylic acids is 2. The number of nitrogens with zero attached hydrogens (tertiary/aromatic N) is 3. The normalized spacial score (nSPS) is 20.9. The van der Waals surface area contributed by atoms with Crippen LogP contribution in [0.5, 0.6) is 0 Å². The second kappa shape index (κ2) is 9.42. The fourth-order valence-electron chi connectivity index (χ4n) is 4.12. The monoisotopic (exact) mass is 540 g/mol. The molecular formula is C23H23Cl2FN4O4S. The number of carbonyl (C=O) groups is 2. The number of rotatable bonds is 5. The molecule has 2 amide bonds. The predicted molar refractivity (Wildman–Crippen MR) is 129 cm³/mol. The van der Waals surface area contributed by atoms with Gasteiger partial charge in [0, 0.05) is 28.7 Å². The standard InChI is InChI=1S/C23H23Cl2FN4O4S/c1-13(2)28-12-21-29(35(33,34)20-8-7-16(25)10-17(20)26)11-18(27)22(31)30(21)19(23(28)32)9-14-3-5-15(24)6-4-14/h3-8,10,12-13,18-19H,9,11,27H2,1-2H3. The first-order chi connectivity index (χ1) is 16.4. The van der Waals surface area contributed by atoms with Crippen molar-refractivity contribution >= 4 is 45.0 Å². The van der Waals surface area contributed by atoms with Crippen LogP contribution in [-0.4, -0.2) is 59.0 Å². The van der Waals surface area contributed by atoms with Gasteiger partial charge < -0.3 is 10.6 Å². The van der Waals surface area contributed by atoms with Gasteiger partial charge in [-0.05, 0) is 49.7 Å². The van der Waals surface area contributed by atoms with Gasteiger partial charge in [-0.2, -0.15) is 0 Å². The summed E-state index contributed by atoms with van der Waals surface area (Å²) >= 11 is 11.8. The molecule has 186 valence electrons. The maximum absolute atomic E-state index is 14.7. The molecule has 2 aromatic carbocycles. The van der Waals surface area contributed by atoms with E-state index >= 15 is 0 Å². The van der Waals surface area contributed by atoms with Crippen molar-refractivity contribution in [2.45, 2.75) is 43.3 Å². The minimum absolute atomic E-state index is 0.0325. The third-order valence-corrected chi connectivity index (χ3v) is 8.18. The number of nitrogens with two attached hydrogens (primary N) is 1. The molecule has 2 N–H and O–H groups in total. The highest BCUT2D eigenvalue weighted by Gasteiger charge is 2.49. The smallest absolute Gasteiger partial charge is 0.268 e. The van der Waals surface area contributed by atoms with E-state index in [2.05, 4.69) is 0 Å².